The molecule has 0 spiro atoms. The highest BCUT2D eigenvalue weighted by Crippen LogP contribution is 2.30. The van der Waals surface area contributed by atoms with Gasteiger partial charge in [0.15, 0.2) is 16.5 Å². The minimum atomic E-state index is -1.08. The summed E-state index contributed by atoms with van der Waals surface area (Å²) in [5.74, 6) is -2.27. The van der Waals surface area contributed by atoms with Crippen molar-refractivity contribution >= 4 is 16.3 Å². The van der Waals surface area contributed by atoms with Gasteiger partial charge in [-0.05, 0) is 12.1 Å². The van der Waals surface area contributed by atoms with Crippen LogP contribution in [-0.4, -0.2) is 14.5 Å². The fourth-order valence-electron chi connectivity index (χ4n) is 1.71. The van der Waals surface area contributed by atoms with Gasteiger partial charge in [-0.3, -0.25) is 4.40 Å². The first kappa shape index (κ1) is 12.1. The van der Waals surface area contributed by atoms with Gasteiger partial charge in [0, 0.05) is 11.6 Å². The van der Waals surface area contributed by atoms with Crippen molar-refractivity contribution in [3.05, 3.63) is 47.1 Å². The van der Waals surface area contributed by atoms with Crippen molar-refractivity contribution in [2.24, 2.45) is 0 Å². The van der Waals surface area contributed by atoms with Crippen molar-refractivity contribution in [2.75, 3.05) is 0 Å². The molecular weight excluding hydrogens is 274 g/mol. The second-order valence-corrected chi connectivity index (χ2v) is 4.60. The van der Waals surface area contributed by atoms with Crippen molar-refractivity contribution in [1.82, 2.24) is 9.38 Å². The molecule has 4 nitrogen and oxygen atoms in total. The number of benzene rings is 1. The van der Waals surface area contributed by atoms with E-state index in [0.717, 1.165) is 6.07 Å². The Labute approximate surface area is 110 Å². The number of aliphatic hydroxyl groups excluding tert-OH is 1. The molecule has 1 aromatic carbocycles. The van der Waals surface area contributed by atoms with Crippen LogP contribution in [0.1, 0.15) is 5.69 Å². The Hall–Kier alpha value is -1.99. The standard InChI is InChI=1S/C12H8F2N2O2S/c13-7-2-1-3-9(10(7)14)18-11-8(6-17)16-4-5-19-12(16)15-11/h1-5,17H,6H2. The molecule has 0 aliphatic carbocycles. The maximum absolute atomic E-state index is 13.5. The van der Waals surface area contributed by atoms with Gasteiger partial charge in [0.1, 0.15) is 5.69 Å². The lowest BCUT2D eigenvalue weighted by atomic mass is 10.3. The Bertz CT molecular complexity index is 738. The summed E-state index contributed by atoms with van der Waals surface area (Å²) in [5.41, 5.74) is 0.389. The first-order valence-electron chi connectivity index (χ1n) is 5.38. The van der Waals surface area contributed by atoms with E-state index in [-0.39, 0.29) is 18.2 Å². The largest absolute Gasteiger partial charge is 0.434 e. The Balaban J connectivity index is 2.05. The lowest BCUT2D eigenvalue weighted by Gasteiger charge is -2.05. The van der Waals surface area contributed by atoms with Gasteiger partial charge >= 0.3 is 0 Å². The van der Waals surface area contributed by atoms with E-state index >= 15 is 0 Å². The molecule has 0 aliphatic heterocycles. The van der Waals surface area contributed by atoms with Gasteiger partial charge in [-0.15, -0.1) is 11.3 Å². The Morgan fingerprint density at radius 2 is 2.21 bits per heavy atom. The molecule has 0 saturated carbocycles. The van der Waals surface area contributed by atoms with E-state index < -0.39 is 11.6 Å². The minimum absolute atomic E-state index is 0.0684. The van der Waals surface area contributed by atoms with Crippen LogP contribution in [0.4, 0.5) is 8.78 Å². The van der Waals surface area contributed by atoms with Gasteiger partial charge in [0.2, 0.25) is 11.7 Å². The summed E-state index contributed by atoms with van der Waals surface area (Å²) in [5, 5.41) is 11.1. The van der Waals surface area contributed by atoms with Crippen LogP contribution in [0.3, 0.4) is 0 Å². The zero-order chi connectivity index (χ0) is 13.4. The van der Waals surface area contributed by atoms with E-state index in [1.54, 1.807) is 16.0 Å². The Kier molecular flexibility index (Phi) is 2.92. The van der Waals surface area contributed by atoms with Gasteiger partial charge in [0.05, 0.1) is 6.61 Å². The predicted molar refractivity (Wildman–Crippen MR) is 65.4 cm³/mol. The van der Waals surface area contributed by atoms with Crippen LogP contribution in [0.15, 0.2) is 29.8 Å². The van der Waals surface area contributed by atoms with E-state index in [0.29, 0.717) is 10.7 Å². The summed E-state index contributed by atoms with van der Waals surface area (Å²) in [6.07, 6.45) is 1.72. The Morgan fingerprint density at radius 3 is 3.00 bits per heavy atom. The fourth-order valence-corrected chi connectivity index (χ4v) is 2.43. The molecule has 98 valence electrons. The molecule has 0 fully saturated rings. The molecule has 3 rings (SSSR count). The van der Waals surface area contributed by atoms with Crippen molar-refractivity contribution in [3.8, 4) is 11.6 Å². The summed E-state index contributed by atoms with van der Waals surface area (Å²) in [4.78, 5) is 4.73. The zero-order valence-corrected chi connectivity index (χ0v) is 10.3. The number of thiazole rings is 1. The summed E-state index contributed by atoms with van der Waals surface area (Å²) < 4.78 is 33.5. The molecular formula is C12H8F2N2O2S. The highest BCUT2D eigenvalue weighted by molar-refractivity contribution is 7.15. The molecule has 0 aliphatic rings. The van der Waals surface area contributed by atoms with Gasteiger partial charge < -0.3 is 9.84 Å². The summed E-state index contributed by atoms with van der Waals surface area (Å²) >= 11 is 1.35. The quantitative estimate of drug-likeness (QED) is 0.803. The number of hydrogen-bond donors (Lipinski definition) is 1. The zero-order valence-electron chi connectivity index (χ0n) is 9.51. The van der Waals surface area contributed by atoms with Crippen LogP contribution < -0.4 is 4.74 Å². The molecule has 0 amide bonds. The first-order chi connectivity index (χ1) is 9.20. The molecule has 1 N–H and O–H groups in total. The highest BCUT2D eigenvalue weighted by atomic mass is 32.1. The topological polar surface area (TPSA) is 46.8 Å². The van der Waals surface area contributed by atoms with Crippen molar-refractivity contribution in [2.45, 2.75) is 6.61 Å². The number of imidazole rings is 1. The lowest BCUT2D eigenvalue weighted by molar-refractivity contribution is 0.269. The molecule has 3 aromatic rings. The van der Waals surface area contributed by atoms with E-state index in [4.69, 9.17) is 4.74 Å². The average molecular weight is 282 g/mol. The third-order valence-electron chi connectivity index (χ3n) is 2.60. The number of halogens is 2. The SMILES string of the molecule is OCc1c(Oc2cccc(F)c2F)nc2sccn12. The maximum atomic E-state index is 13.5. The molecule has 2 aromatic heterocycles. The second-order valence-electron chi connectivity index (χ2n) is 3.73. The number of ether oxygens (including phenoxy) is 1. The number of rotatable bonds is 3. The normalized spacial score (nSPS) is 11.1. The van der Waals surface area contributed by atoms with Gasteiger partial charge in [0.25, 0.3) is 0 Å². The number of fused-ring (bicyclic) bond motifs is 1. The van der Waals surface area contributed by atoms with Crippen LogP contribution in [0.2, 0.25) is 0 Å². The van der Waals surface area contributed by atoms with Crippen LogP contribution in [-0.2, 0) is 6.61 Å². The summed E-state index contributed by atoms with van der Waals surface area (Å²) in [6.45, 7) is -0.315. The second kappa shape index (κ2) is 4.60. The van der Waals surface area contributed by atoms with Crippen LogP contribution in [0.5, 0.6) is 11.6 Å². The number of nitrogens with zero attached hydrogens (tertiary/aromatic N) is 2. The maximum Gasteiger partial charge on any atom is 0.244 e. The van der Waals surface area contributed by atoms with Crippen molar-refractivity contribution < 1.29 is 18.6 Å². The number of aliphatic hydroxyl groups is 1. The van der Waals surface area contributed by atoms with Crippen LogP contribution >= 0.6 is 11.3 Å². The van der Waals surface area contributed by atoms with E-state index in [1.807, 2.05) is 0 Å². The molecule has 0 bridgehead atoms. The van der Waals surface area contributed by atoms with E-state index in [1.165, 1.54) is 23.5 Å². The minimum Gasteiger partial charge on any atom is -0.434 e. The molecule has 19 heavy (non-hydrogen) atoms. The fraction of sp³-hybridized carbons (Fsp3) is 0.0833. The molecule has 7 heteroatoms. The third kappa shape index (κ3) is 1.96. The predicted octanol–water partition coefficient (Wildman–Crippen LogP) is 2.96. The van der Waals surface area contributed by atoms with Crippen molar-refractivity contribution in [3.63, 3.8) is 0 Å². The molecule has 0 radical (unpaired) electrons. The van der Waals surface area contributed by atoms with Gasteiger partial charge in [-0.2, -0.15) is 9.37 Å². The van der Waals surface area contributed by atoms with E-state index in [2.05, 4.69) is 4.98 Å². The lowest BCUT2D eigenvalue weighted by Crippen LogP contribution is -1.96. The van der Waals surface area contributed by atoms with Crippen molar-refractivity contribution in [1.29, 1.82) is 0 Å². The first-order valence-corrected chi connectivity index (χ1v) is 6.26. The van der Waals surface area contributed by atoms with Gasteiger partial charge in [-0.1, -0.05) is 6.07 Å². The van der Waals surface area contributed by atoms with Crippen LogP contribution in [0.25, 0.3) is 4.96 Å². The Morgan fingerprint density at radius 1 is 1.37 bits per heavy atom. The molecule has 2 heterocycles. The smallest absolute Gasteiger partial charge is 0.244 e. The molecule has 0 unspecified atom stereocenters. The summed E-state index contributed by atoms with van der Waals surface area (Å²) in [6, 6.07) is 3.64. The highest BCUT2D eigenvalue weighted by Gasteiger charge is 2.17. The molecule has 0 atom stereocenters. The number of hydrogen-bond acceptors (Lipinski definition) is 4. The average Bonchev–Trinajstić information content (AvgIpc) is 2.95. The monoisotopic (exact) mass is 282 g/mol. The van der Waals surface area contributed by atoms with E-state index in [9.17, 15) is 13.9 Å². The summed E-state index contributed by atoms with van der Waals surface area (Å²) in [7, 11) is 0. The number of aromatic nitrogens is 2. The van der Waals surface area contributed by atoms with Gasteiger partial charge in [-0.25, -0.2) is 4.39 Å². The molecule has 0 saturated heterocycles. The third-order valence-corrected chi connectivity index (χ3v) is 3.35. The van der Waals surface area contributed by atoms with Crippen LogP contribution in [0, 0.1) is 11.6 Å².